The summed E-state index contributed by atoms with van der Waals surface area (Å²) in [4.78, 5) is 30.0. The van der Waals surface area contributed by atoms with Crippen LogP contribution in [0.5, 0.6) is 0 Å². The van der Waals surface area contributed by atoms with Gasteiger partial charge in [-0.3, -0.25) is 0 Å². The van der Waals surface area contributed by atoms with Gasteiger partial charge in [0, 0.05) is 0 Å². The molecule has 3 rings (SSSR count). The van der Waals surface area contributed by atoms with E-state index < -0.39 is 0 Å². The number of halogens is 2. The largest absolute Gasteiger partial charge is 0.0373 e. The minimum Gasteiger partial charge on any atom is -0.0373 e. The van der Waals surface area contributed by atoms with Crippen molar-refractivity contribution in [2.45, 2.75) is 71.6 Å². The molecule has 0 aromatic heterocycles. The molecule has 174 valence electrons. The fourth-order valence-corrected chi connectivity index (χ4v) is 8.54. The van der Waals surface area contributed by atoms with E-state index in [2.05, 4.69) is 42.3 Å². The Hall–Kier alpha value is 0.560. The number of likely N-dealkylation sites (tertiary alicyclic amines) is 2. The first-order valence-electron chi connectivity index (χ1n) is 12.2. The van der Waals surface area contributed by atoms with Crippen molar-refractivity contribution >= 4 is 30.3 Å². The predicted octanol–water partition coefficient (Wildman–Crippen LogP) is 1.80. The van der Waals surface area contributed by atoms with Gasteiger partial charge in [0.2, 0.25) is 0 Å². The van der Waals surface area contributed by atoms with Crippen LogP contribution in [0.15, 0.2) is 0 Å². The van der Waals surface area contributed by atoms with Crippen molar-refractivity contribution in [3.05, 3.63) is 0 Å². The van der Waals surface area contributed by atoms with E-state index in [0.717, 1.165) is 61.0 Å². The molecule has 30 heavy (non-hydrogen) atoms. The summed E-state index contributed by atoms with van der Waals surface area (Å²) in [6.45, 7) is 10.5. The normalized spacial score (nSPS) is 27.7. The van der Waals surface area contributed by atoms with Crippen LogP contribution >= 0.6 is 18.6 Å². The smallest absolute Gasteiger partial charge is 0.00160 e. The number of amides is 1. The van der Waals surface area contributed by atoms with Crippen LogP contribution in [0.3, 0.4) is 0 Å². The monoisotopic (exact) mass is 643 g/mol. The molecule has 0 bridgehead atoms. The average molecular weight is 643 g/mol. The molecule has 0 aromatic carbocycles. The van der Waals surface area contributed by atoms with Gasteiger partial charge < -0.3 is 4.90 Å². The van der Waals surface area contributed by atoms with Crippen molar-refractivity contribution in [2.75, 3.05) is 37.2 Å². The maximum atomic E-state index is 13.0. The molecule has 0 unspecified atom stereocenters. The van der Waals surface area contributed by atoms with Crippen LogP contribution in [0.4, 0.5) is 0 Å². The molecule has 6 heteroatoms. The van der Waals surface area contributed by atoms with Crippen molar-refractivity contribution in [2.24, 2.45) is 29.6 Å². The zero-order valence-electron chi connectivity index (χ0n) is 19.0. The van der Waals surface area contributed by atoms with Gasteiger partial charge in [0.1, 0.15) is 0 Å². The number of carbonyl (C=O) groups excluding carboxylic acids is 2. The molecule has 2 saturated heterocycles. The second kappa shape index (κ2) is 12.7. The molecule has 3 aliphatic rings. The van der Waals surface area contributed by atoms with E-state index in [0.29, 0.717) is 11.7 Å². The van der Waals surface area contributed by atoms with Crippen molar-refractivity contribution < 1.29 is 26.8 Å². The van der Waals surface area contributed by atoms with Crippen LogP contribution in [0, 0.1) is 29.6 Å². The van der Waals surface area contributed by atoms with Crippen molar-refractivity contribution in [1.29, 1.82) is 0 Å². The molecule has 4 nitrogen and oxygen atoms in total. The second-order valence-electron chi connectivity index (χ2n) is 10.2. The Bertz CT molecular complexity index is 547. The molecule has 0 radical (unpaired) electrons. The van der Waals surface area contributed by atoms with Gasteiger partial charge in [-0.25, -0.2) is 0 Å². The number of alkyl halides is 1. The minimum atomic E-state index is 0.0298. The molecule has 0 spiro atoms. The van der Waals surface area contributed by atoms with Crippen LogP contribution in [-0.2, 0) is 9.59 Å². The van der Waals surface area contributed by atoms with Crippen LogP contribution in [-0.4, -0.2) is 58.6 Å². The first-order valence-corrected chi connectivity index (χ1v) is 20.0. The van der Waals surface area contributed by atoms with Gasteiger partial charge in [-0.1, -0.05) is 13.8 Å². The number of hydrogen-bond acceptors (Lipinski definition) is 3. The summed E-state index contributed by atoms with van der Waals surface area (Å²) < 4.78 is 0.811. The molecular weight excluding hydrogens is 602 g/mol. The van der Waals surface area contributed by atoms with Crippen molar-refractivity contribution in [3.63, 3.8) is 0 Å². The van der Waals surface area contributed by atoms with Crippen LogP contribution < -0.4 is 17.2 Å². The Morgan fingerprint density at radius 3 is 2.07 bits per heavy atom. The van der Waals surface area contributed by atoms with E-state index in [1.54, 1.807) is 0 Å². The third-order valence-electron chi connectivity index (χ3n) is 8.07. The number of ketones is 1. The van der Waals surface area contributed by atoms with Crippen molar-refractivity contribution in [1.82, 2.24) is 9.80 Å². The number of Topliss-reactive ketones (excluding diaryl/α,β-unsaturated/α-hetero) is 1. The SMILES string of the molecule is CC(C)C1CCN(CCC2CCN(C(=O)C3CCC(C(=O)C[I-]I)CC3)CC2)CC1. The molecule has 1 aliphatic carbocycles. The third kappa shape index (κ3) is 7.29. The van der Waals surface area contributed by atoms with Crippen LogP contribution in [0.2, 0.25) is 0 Å². The van der Waals surface area contributed by atoms with Gasteiger partial charge in [0.15, 0.2) is 0 Å². The quantitative estimate of drug-likeness (QED) is 0.300. The van der Waals surface area contributed by atoms with Gasteiger partial charge >= 0.3 is 142 Å². The number of carbonyl (C=O) groups is 2. The summed E-state index contributed by atoms with van der Waals surface area (Å²) >= 11 is 2.42. The Morgan fingerprint density at radius 2 is 1.50 bits per heavy atom. The second-order valence-corrected chi connectivity index (χ2v) is 15.4. The van der Waals surface area contributed by atoms with E-state index >= 15 is 0 Å². The Balaban J connectivity index is 1.32. The summed E-state index contributed by atoms with van der Waals surface area (Å²) in [6, 6.07) is 0. The first kappa shape index (κ1) is 25.2. The zero-order valence-corrected chi connectivity index (χ0v) is 23.3. The molecule has 1 amide bonds. The van der Waals surface area contributed by atoms with Crippen LogP contribution in [0.1, 0.15) is 71.6 Å². The Kier molecular flexibility index (Phi) is 10.7. The fraction of sp³-hybridized carbons (Fsp3) is 0.917. The minimum absolute atomic E-state index is 0.0298. The van der Waals surface area contributed by atoms with Gasteiger partial charge in [-0.05, 0) is 44.3 Å². The summed E-state index contributed by atoms with van der Waals surface area (Å²) in [7, 11) is 0. The standard InChI is InChI=1S/C24H41I2N2O2/c1-18(2)20-10-13-27(14-11-20)12-7-19-8-15-28(16-9-19)24(30)22-5-3-21(4-6-22)23(29)17-26-25/h18-22H,3-17H2,1-2H3/q-1. The van der Waals surface area contributed by atoms with Gasteiger partial charge in [0.25, 0.3) is 0 Å². The molecule has 0 aromatic rings. The molecular formula is C24H41I2N2O2-. The van der Waals surface area contributed by atoms with Gasteiger partial charge in [-0.15, -0.1) is 0 Å². The summed E-state index contributed by atoms with van der Waals surface area (Å²) in [5, 5.41) is 0. The molecule has 2 aliphatic heterocycles. The Morgan fingerprint density at radius 1 is 0.900 bits per heavy atom. The van der Waals surface area contributed by atoms with E-state index in [1.807, 2.05) is 0 Å². The predicted molar refractivity (Wildman–Crippen MR) is 127 cm³/mol. The topological polar surface area (TPSA) is 40.6 Å². The maximum Gasteiger partial charge on any atom is -0.00160 e. The molecule has 0 atom stereocenters. The molecule has 1 saturated carbocycles. The summed E-state index contributed by atoms with van der Waals surface area (Å²) in [5.41, 5.74) is 0. The zero-order chi connectivity index (χ0) is 21.5. The van der Waals surface area contributed by atoms with Gasteiger partial charge in [-0.2, -0.15) is 0 Å². The molecule has 3 fully saturated rings. The van der Waals surface area contributed by atoms with E-state index in [9.17, 15) is 9.59 Å². The summed E-state index contributed by atoms with van der Waals surface area (Å²) in [6.07, 6.45) is 10.2. The number of nitrogens with zero attached hydrogens (tertiary/aromatic N) is 2. The van der Waals surface area contributed by atoms with E-state index in [-0.39, 0.29) is 29.1 Å². The fourth-order valence-electron chi connectivity index (χ4n) is 5.73. The van der Waals surface area contributed by atoms with Gasteiger partial charge in [0.05, 0.1) is 0 Å². The maximum absolute atomic E-state index is 13.0. The van der Waals surface area contributed by atoms with Crippen molar-refractivity contribution in [3.8, 4) is 0 Å². The third-order valence-corrected chi connectivity index (χ3v) is 11.0. The first-order chi connectivity index (χ1) is 14.5. The van der Waals surface area contributed by atoms with E-state index in [4.69, 9.17) is 0 Å². The number of hydrogen-bond donors (Lipinski definition) is 0. The van der Waals surface area contributed by atoms with Crippen LogP contribution in [0.25, 0.3) is 0 Å². The molecule has 2 heterocycles. The average Bonchev–Trinajstić information content (AvgIpc) is 2.78. The summed E-state index contributed by atoms with van der Waals surface area (Å²) in [5.74, 6) is 3.84. The number of piperidine rings is 2. The Labute approximate surface area is 204 Å². The number of rotatable bonds is 8. The van der Waals surface area contributed by atoms with E-state index in [1.165, 1.54) is 51.7 Å². The molecule has 0 N–H and O–H groups in total.